The van der Waals surface area contributed by atoms with Crippen LogP contribution in [0.5, 0.6) is 0 Å². The van der Waals surface area contributed by atoms with E-state index in [1.165, 1.54) is 6.42 Å². The Morgan fingerprint density at radius 2 is 2.29 bits per heavy atom. The van der Waals surface area contributed by atoms with Crippen molar-refractivity contribution >= 4 is 11.6 Å². The van der Waals surface area contributed by atoms with E-state index in [9.17, 15) is 10.2 Å². The highest BCUT2D eigenvalue weighted by atomic mass is 35.5. The quantitative estimate of drug-likeness (QED) is 0.705. The SMILES string of the molecule is OC[C@@H]1C=C(Cl)C[C@H]2CCCC[C@@]21O. The third-order valence-corrected chi connectivity index (χ3v) is 4.03. The average molecular weight is 217 g/mol. The van der Waals surface area contributed by atoms with Gasteiger partial charge >= 0.3 is 0 Å². The van der Waals surface area contributed by atoms with Gasteiger partial charge in [-0.3, -0.25) is 0 Å². The molecule has 0 heterocycles. The van der Waals surface area contributed by atoms with Crippen LogP contribution in [-0.2, 0) is 0 Å². The van der Waals surface area contributed by atoms with Crippen molar-refractivity contribution in [1.82, 2.24) is 0 Å². The molecule has 0 spiro atoms. The smallest absolute Gasteiger partial charge is 0.0764 e. The lowest BCUT2D eigenvalue weighted by Crippen LogP contribution is -2.49. The molecule has 0 aromatic carbocycles. The Morgan fingerprint density at radius 3 is 3.00 bits per heavy atom. The molecule has 1 saturated carbocycles. The van der Waals surface area contributed by atoms with Gasteiger partial charge in [0.1, 0.15) is 0 Å². The van der Waals surface area contributed by atoms with Gasteiger partial charge in [0, 0.05) is 11.0 Å². The van der Waals surface area contributed by atoms with Crippen LogP contribution in [0.25, 0.3) is 0 Å². The van der Waals surface area contributed by atoms with Crippen molar-refractivity contribution in [2.45, 2.75) is 37.7 Å². The van der Waals surface area contributed by atoms with Crippen LogP contribution in [0, 0.1) is 11.8 Å². The molecule has 2 nitrogen and oxygen atoms in total. The first-order valence-electron chi connectivity index (χ1n) is 5.36. The second-order valence-electron chi connectivity index (χ2n) is 4.54. The van der Waals surface area contributed by atoms with Crippen LogP contribution in [0.1, 0.15) is 32.1 Å². The number of hydrogen-bond donors (Lipinski definition) is 2. The number of aliphatic hydroxyl groups excluding tert-OH is 1. The maximum absolute atomic E-state index is 10.5. The first kappa shape index (κ1) is 10.5. The molecule has 3 atom stereocenters. The van der Waals surface area contributed by atoms with E-state index < -0.39 is 5.60 Å². The van der Waals surface area contributed by atoms with E-state index in [-0.39, 0.29) is 18.4 Å². The molecule has 2 aliphatic carbocycles. The van der Waals surface area contributed by atoms with Crippen LogP contribution >= 0.6 is 11.6 Å². The summed E-state index contributed by atoms with van der Waals surface area (Å²) < 4.78 is 0. The zero-order chi connectivity index (χ0) is 10.2. The van der Waals surface area contributed by atoms with E-state index in [0.717, 1.165) is 30.7 Å². The number of rotatable bonds is 1. The van der Waals surface area contributed by atoms with Gasteiger partial charge < -0.3 is 10.2 Å². The average Bonchev–Trinajstić information content (AvgIpc) is 2.17. The topological polar surface area (TPSA) is 40.5 Å². The minimum atomic E-state index is -0.689. The molecular formula is C11H17ClO2. The summed E-state index contributed by atoms with van der Waals surface area (Å²) in [5.41, 5.74) is -0.689. The molecule has 80 valence electrons. The van der Waals surface area contributed by atoms with Gasteiger partial charge in [0.05, 0.1) is 12.2 Å². The van der Waals surface area contributed by atoms with E-state index in [1.54, 1.807) is 0 Å². The van der Waals surface area contributed by atoms with Gasteiger partial charge in [-0.15, -0.1) is 0 Å². The van der Waals surface area contributed by atoms with Crippen molar-refractivity contribution < 1.29 is 10.2 Å². The second kappa shape index (κ2) is 3.84. The highest BCUT2D eigenvalue weighted by Crippen LogP contribution is 2.46. The standard InChI is InChI=1S/C11H17ClO2/c12-10-5-8-3-1-2-4-11(8,14)9(6-10)7-13/h6,8-9,13-14H,1-5,7H2/t8-,9+,11-/m1/s1. The highest BCUT2D eigenvalue weighted by molar-refractivity contribution is 6.29. The van der Waals surface area contributed by atoms with Crippen molar-refractivity contribution in [1.29, 1.82) is 0 Å². The van der Waals surface area contributed by atoms with Gasteiger partial charge in [-0.2, -0.15) is 0 Å². The summed E-state index contributed by atoms with van der Waals surface area (Å²) in [4.78, 5) is 0. The number of fused-ring (bicyclic) bond motifs is 1. The molecule has 0 aromatic rings. The van der Waals surface area contributed by atoms with E-state index in [1.807, 2.05) is 6.08 Å². The molecule has 3 heteroatoms. The summed E-state index contributed by atoms with van der Waals surface area (Å²) in [7, 11) is 0. The number of aliphatic hydroxyl groups is 2. The zero-order valence-electron chi connectivity index (χ0n) is 8.25. The first-order valence-corrected chi connectivity index (χ1v) is 5.74. The molecule has 0 aromatic heterocycles. The van der Waals surface area contributed by atoms with Gasteiger partial charge in [-0.25, -0.2) is 0 Å². The molecule has 0 aliphatic heterocycles. The predicted octanol–water partition coefficient (Wildman–Crippen LogP) is 2.04. The van der Waals surface area contributed by atoms with Crippen LogP contribution in [-0.4, -0.2) is 22.4 Å². The molecule has 2 rings (SSSR count). The highest BCUT2D eigenvalue weighted by Gasteiger charge is 2.46. The summed E-state index contributed by atoms with van der Waals surface area (Å²) in [6, 6.07) is 0. The molecule has 1 fully saturated rings. The van der Waals surface area contributed by atoms with Crippen molar-refractivity contribution in [3.05, 3.63) is 11.1 Å². The van der Waals surface area contributed by atoms with Crippen LogP contribution in [0.4, 0.5) is 0 Å². The fourth-order valence-corrected chi connectivity index (χ4v) is 3.24. The van der Waals surface area contributed by atoms with Gasteiger partial charge in [0.15, 0.2) is 0 Å². The Bertz CT molecular complexity index is 252. The summed E-state index contributed by atoms with van der Waals surface area (Å²) >= 11 is 6.01. The number of hydrogen-bond acceptors (Lipinski definition) is 2. The summed E-state index contributed by atoms with van der Waals surface area (Å²) in [5, 5.41) is 20.6. The lowest BCUT2D eigenvalue weighted by atomic mass is 9.65. The first-order chi connectivity index (χ1) is 6.66. The summed E-state index contributed by atoms with van der Waals surface area (Å²) in [5.74, 6) is 0.0972. The van der Waals surface area contributed by atoms with Crippen molar-refractivity contribution in [2.75, 3.05) is 6.61 Å². The summed E-state index contributed by atoms with van der Waals surface area (Å²) in [6.45, 7) is 0.00319. The van der Waals surface area contributed by atoms with Gasteiger partial charge in [-0.1, -0.05) is 30.5 Å². The lowest BCUT2D eigenvalue weighted by Gasteiger charge is -2.46. The van der Waals surface area contributed by atoms with Crippen LogP contribution in [0.15, 0.2) is 11.1 Å². The molecule has 2 N–H and O–H groups in total. The molecule has 0 unspecified atom stereocenters. The summed E-state index contributed by atoms with van der Waals surface area (Å²) in [6.07, 6.45) is 6.71. The predicted molar refractivity (Wildman–Crippen MR) is 56.0 cm³/mol. The maximum Gasteiger partial charge on any atom is 0.0764 e. The van der Waals surface area contributed by atoms with Crippen molar-refractivity contribution in [2.24, 2.45) is 11.8 Å². The van der Waals surface area contributed by atoms with E-state index in [0.29, 0.717) is 0 Å². The molecule has 0 amide bonds. The van der Waals surface area contributed by atoms with Crippen molar-refractivity contribution in [3.63, 3.8) is 0 Å². The van der Waals surface area contributed by atoms with E-state index in [2.05, 4.69) is 0 Å². The minimum absolute atomic E-state index is 0.00319. The molecular weight excluding hydrogens is 200 g/mol. The third kappa shape index (κ3) is 1.60. The minimum Gasteiger partial charge on any atom is -0.396 e. The molecule has 0 bridgehead atoms. The van der Waals surface area contributed by atoms with Crippen LogP contribution in [0.3, 0.4) is 0 Å². The number of allylic oxidation sites excluding steroid dienone is 1. The Kier molecular flexibility index (Phi) is 2.87. The third-order valence-electron chi connectivity index (χ3n) is 3.75. The fraction of sp³-hybridized carbons (Fsp3) is 0.818. The van der Waals surface area contributed by atoms with Crippen LogP contribution < -0.4 is 0 Å². The van der Waals surface area contributed by atoms with Gasteiger partial charge in [-0.05, 0) is 25.2 Å². The second-order valence-corrected chi connectivity index (χ2v) is 5.03. The normalized spacial score (nSPS) is 42.9. The Hall–Kier alpha value is -0.0500. The molecule has 14 heavy (non-hydrogen) atoms. The molecule has 0 saturated heterocycles. The van der Waals surface area contributed by atoms with Gasteiger partial charge in [0.25, 0.3) is 0 Å². The molecule has 2 aliphatic rings. The Balaban J connectivity index is 2.26. The van der Waals surface area contributed by atoms with Crippen molar-refractivity contribution in [3.8, 4) is 0 Å². The van der Waals surface area contributed by atoms with E-state index >= 15 is 0 Å². The molecule has 0 radical (unpaired) electrons. The largest absolute Gasteiger partial charge is 0.396 e. The van der Waals surface area contributed by atoms with Gasteiger partial charge in [0.2, 0.25) is 0 Å². The Morgan fingerprint density at radius 1 is 1.50 bits per heavy atom. The zero-order valence-corrected chi connectivity index (χ0v) is 9.00. The Labute approximate surface area is 89.6 Å². The fourth-order valence-electron chi connectivity index (χ4n) is 2.90. The monoisotopic (exact) mass is 216 g/mol. The van der Waals surface area contributed by atoms with Crippen LogP contribution in [0.2, 0.25) is 0 Å². The number of halogens is 1. The maximum atomic E-state index is 10.5. The lowest BCUT2D eigenvalue weighted by molar-refractivity contribution is -0.0973. The van der Waals surface area contributed by atoms with E-state index in [4.69, 9.17) is 11.6 Å².